The lowest BCUT2D eigenvalue weighted by Crippen LogP contribution is -2.58. The van der Waals surface area contributed by atoms with E-state index in [1.54, 1.807) is 0 Å². The van der Waals surface area contributed by atoms with Gasteiger partial charge >= 0.3 is 5.97 Å². The first-order chi connectivity index (χ1) is 19.3. The molecule has 0 heterocycles. The molecule has 4 fully saturated rings. The van der Waals surface area contributed by atoms with E-state index in [1.807, 2.05) is 24.3 Å². The summed E-state index contributed by atoms with van der Waals surface area (Å²) >= 11 is 0. The Bertz CT molecular complexity index is 1200. The number of carbonyl (C=O) groups excluding carboxylic acids is 2. The highest BCUT2D eigenvalue weighted by molar-refractivity contribution is 5.87. The summed E-state index contributed by atoms with van der Waals surface area (Å²) in [5.41, 5.74) is 2.19. The molecule has 2 aromatic rings. The van der Waals surface area contributed by atoms with Crippen LogP contribution in [0.15, 0.2) is 60.7 Å². The number of ketones is 1. The van der Waals surface area contributed by atoms with E-state index in [0.717, 1.165) is 51.5 Å². The zero-order valence-electron chi connectivity index (χ0n) is 24.5. The molecular formula is C36H47NO3. The summed E-state index contributed by atoms with van der Waals surface area (Å²) in [7, 11) is 0. The number of rotatable bonds is 8. The van der Waals surface area contributed by atoms with Crippen molar-refractivity contribution < 1.29 is 14.3 Å². The zero-order chi connectivity index (χ0) is 27.8. The lowest BCUT2D eigenvalue weighted by molar-refractivity contribution is -0.183. The first-order valence-corrected chi connectivity index (χ1v) is 15.9. The van der Waals surface area contributed by atoms with Gasteiger partial charge in [0.25, 0.3) is 0 Å². The highest BCUT2D eigenvalue weighted by Crippen LogP contribution is 2.66. The number of esters is 1. The van der Waals surface area contributed by atoms with E-state index in [-0.39, 0.29) is 16.8 Å². The van der Waals surface area contributed by atoms with Crippen molar-refractivity contribution in [1.29, 1.82) is 0 Å². The molecule has 0 radical (unpaired) electrons. The number of ether oxygens (including phenoxy) is 1. The van der Waals surface area contributed by atoms with Crippen LogP contribution in [0.1, 0.15) is 89.2 Å². The third-order valence-electron chi connectivity index (χ3n) is 11.9. The Kier molecular flexibility index (Phi) is 7.67. The Morgan fingerprint density at radius 2 is 1.60 bits per heavy atom. The van der Waals surface area contributed by atoms with E-state index in [9.17, 15) is 9.59 Å². The predicted octanol–water partition coefficient (Wildman–Crippen LogP) is 7.30. The Balaban J connectivity index is 1.17. The molecule has 214 valence electrons. The smallest absolute Gasteiger partial charge is 0.306 e. The monoisotopic (exact) mass is 541 g/mol. The minimum absolute atomic E-state index is 0.0689. The molecule has 0 bridgehead atoms. The first kappa shape index (κ1) is 27.7. The molecule has 0 spiro atoms. The SMILES string of the molecule is C[C@]12CC[C@@](CNCc3ccccc3)(OC(=O)CCc3ccccc3)C[C@@H]1CC[C@@H]1[C@@H]2CC[C@]2(C)C(=O)CC[C@@H]12. The molecule has 4 aliphatic rings. The number of carbonyl (C=O) groups is 2. The van der Waals surface area contributed by atoms with Crippen LogP contribution in [0.4, 0.5) is 0 Å². The fourth-order valence-corrected chi connectivity index (χ4v) is 9.58. The molecule has 4 nitrogen and oxygen atoms in total. The third kappa shape index (κ3) is 5.17. The fourth-order valence-electron chi connectivity index (χ4n) is 9.58. The second kappa shape index (κ2) is 11.1. The number of nitrogens with one attached hydrogen (secondary N) is 1. The van der Waals surface area contributed by atoms with Crippen LogP contribution >= 0.6 is 0 Å². The molecule has 4 heteroatoms. The summed E-state index contributed by atoms with van der Waals surface area (Å²) in [5, 5.41) is 3.68. The lowest BCUT2D eigenvalue weighted by Gasteiger charge is -2.61. The minimum Gasteiger partial charge on any atom is -0.458 e. The lowest BCUT2D eigenvalue weighted by atomic mass is 9.44. The molecule has 0 unspecified atom stereocenters. The molecule has 0 aliphatic heterocycles. The Hall–Kier alpha value is -2.46. The summed E-state index contributed by atoms with van der Waals surface area (Å²) in [4.78, 5) is 26.1. The standard InChI is InChI=1S/C36H47NO3/c1-34-21-22-36(25-37-24-27-11-7-4-8-12-27,40-33(39)18-13-26-9-5-3-6-10-26)23-28(34)14-15-29-30-16-17-32(38)35(30,2)20-19-31(29)34/h3-12,28-31,37H,13-25H2,1-2H3/t28-,29-,30-,31-,34-,35-,36+/m0/s1. The van der Waals surface area contributed by atoms with Crippen molar-refractivity contribution in [3.63, 3.8) is 0 Å². The first-order valence-electron chi connectivity index (χ1n) is 15.9. The van der Waals surface area contributed by atoms with Gasteiger partial charge in [-0.3, -0.25) is 9.59 Å². The van der Waals surface area contributed by atoms with Crippen LogP contribution in [0, 0.1) is 34.5 Å². The number of fused-ring (bicyclic) bond motifs is 5. The normalized spacial score (nSPS) is 36.8. The third-order valence-corrected chi connectivity index (χ3v) is 11.9. The highest BCUT2D eigenvalue weighted by atomic mass is 16.6. The van der Waals surface area contributed by atoms with E-state index in [4.69, 9.17) is 4.74 Å². The Morgan fingerprint density at radius 3 is 2.35 bits per heavy atom. The van der Waals surface area contributed by atoms with Gasteiger partial charge in [-0.05, 0) is 98.0 Å². The van der Waals surface area contributed by atoms with Crippen molar-refractivity contribution >= 4 is 11.8 Å². The zero-order valence-corrected chi connectivity index (χ0v) is 24.5. The maximum absolute atomic E-state index is 13.3. The van der Waals surface area contributed by atoms with Gasteiger partial charge in [-0.2, -0.15) is 0 Å². The van der Waals surface area contributed by atoms with Crippen LogP contribution in [-0.4, -0.2) is 23.9 Å². The summed E-state index contributed by atoms with van der Waals surface area (Å²) in [6.45, 7) is 6.31. The van der Waals surface area contributed by atoms with E-state index in [0.29, 0.717) is 42.4 Å². The molecule has 40 heavy (non-hydrogen) atoms. The molecule has 1 N–H and O–H groups in total. The van der Waals surface area contributed by atoms with E-state index in [1.165, 1.54) is 30.4 Å². The largest absolute Gasteiger partial charge is 0.458 e. The maximum Gasteiger partial charge on any atom is 0.306 e. The summed E-state index contributed by atoms with van der Waals surface area (Å²) in [6.07, 6.45) is 10.7. The van der Waals surface area contributed by atoms with Gasteiger partial charge in [-0.1, -0.05) is 74.5 Å². The summed E-state index contributed by atoms with van der Waals surface area (Å²) < 4.78 is 6.52. The van der Waals surface area contributed by atoms with Crippen LogP contribution < -0.4 is 5.32 Å². The molecule has 6 rings (SSSR count). The number of hydrogen-bond acceptors (Lipinski definition) is 4. The molecule has 4 aliphatic carbocycles. The van der Waals surface area contributed by atoms with Gasteiger partial charge in [-0.15, -0.1) is 0 Å². The van der Waals surface area contributed by atoms with Crippen molar-refractivity contribution in [2.45, 2.75) is 96.6 Å². The van der Waals surface area contributed by atoms with Gasteiger partial charge in [-0.25, -0.2) is 0 Å². The van der Waals surface area contributed by atoms with Crippen LogP contribution in [0.5, 0.6) is 0 Å². The van der Waals surface area contributed by atoms with Gasteiger partial charge in [0.05, 0.1) is 0 Å². The summed E-state index contributed by atoms with van der Waals surface area (Å²) in [5.74, 6) is 2.97. The average Bonchev–Trinajstić information content (AvgIpc) is 3.27. The number of hydrogen-bond donors (Lipinski definition) is 1. The quantitative estimate of drug-likeness (QED) is 0.356. The van der Waals surface area contributed by atoms with Gasteiger partial charge in [0.2, 0.25) is 0 Å². The second-order valence-electron chi connectivity index (χ2n) is 14.0. The number of aryl methyl sites for hydroxylation is 1. The van der Waals surface area contributed by atoms with Gasteiger partial charge < -0.3 is 10.1 Å². The molecule has 4 saturated carbocycles. The van der Waals surface area contributed by atoms with E-state index in [2.05, 4.69) is 55.6 Å². The highest BCUT2D eigenvalue weighted by Gasteiger charge is 2.61. The average molecular weight is 542 g/mol. The Labute approximate surface area is 240 Å². The topological polar surface area (TPSA) is 55.4 Å². The van der Waals surface area contributed by atoms with Crippen molar-refractivity contribution in [2.24, 2.45) is 34.5 Å². The van der Waals surface area contributed by atoms with Gasteiger partial charge in [0, 0.05) is 31.3 Å². The molecular weight excluding hydrogens is 494 g/mol. The second-order valence-corrected chi connectivity index (χ2v) is 14.0. The van der Waals surface area contributed by atoms with E-state index >= 15 is 0 Å². The van der Waals surface area contributed by atoms with Crippen molar-refractivity contribution in [3.8, 4) is 0 Å². The Morgan fingerprint density at radius 1 is 0.875 bits per heavy atom. The molecule has 0 aromatic heterocycles. The molecule has 0 amide bonds. The summed E-state index contributed by atoms with van der Waals surface area (Å²) in [6, 6.07) is 20.7. The van der Waals surface area contributed by atoms with E-state index < -0.39 is 5.60 Å². The van der Waals surface area contributed by atoms with Crippen LogP contribution in [0.25, 0.3) is 0 Å². The van der Waals surface area contributed by atoms with Crippen LogP contribution in [0.3, 0.4) is 0 Å². The number of benzene rings is 2. The van der Waals surface area contributed by atoms with Crippen molar-refractivity contribution in [2.75, 3.05) is 6.54 Å². The van der Waals surface area contributed by atoms with Crippen LogP contribution in [-0.2, 0) is 27.3 Å². The maximum atomic E-state index is 13.3. The fraction of sp³-hybridized carbons (Fsp3) is 0.611. The predicted molar refractivity (Wildman–Crippen MR) is 158 cm³/mol. The number of Topliss-reactive ketones (excluding diaryl/α,β-unsaturated/α-hetero) is 1. The molecule has 7 atom stereocenters. The van der Waals surface area contributed by atoms with Crippen LogP contribution in [0.2, 0.25) is 0 Å². The van der Waals surface area contributed by atoms with Crippen molar-refractivity contribution in [3.05, 3.63) is 71.8 Å². The molecule has 2 aromatic carbocycles. The molecule has 0 saturated heterocycles. The van der Waals surface area contributed by atoms with Gasteiger partial charge in [0.1, 0.15) is 11.4 Å². The van der Waals surface area contributed by atoms with Gasteiger partial charge in [0.15, 0.2) is 0 Å². The van der Waals surface area contributed by atoms with Crippen molar-refractivity contribution in [1.82, 2.24) is 5.32 Å². The minimum atomic E-state index is -0.452.